The molecule has 0 aromatic heterocycles. The van der Waals surface area contributed by atoms with Crippen LogP contribution in [0.3, 0.4) is 0 Å². The lowest BCUT2D eigenvalue weighted by Gasteiger charge is -2.05. The van der Waals surface area contributed by atoms with E-state index in [0.29, 0.717) is 0 Å². The van der Waals surface area contributed by atoms with E-state index in [9.17, 15) is 0 Å². The van der Waals surface area contributed by atoms with Gasteiger partial charge in [0, 0.05) is 0 Å². The van der Waals surface area contributed by atoms with E-state index in [1.165, 1.54) is 12.8 Å². The van der Waals surface area contributed by atoms with Crippen molar-refractivity contribution in [2.24, 2.45) is 11.8 Å². The van der Waals surface area contributed by atoms with E-state index in [1.54, 1.807) is 17.7 Å². The van der Waals surface area contributed by atoms with Crippen molar-refractivity contribution in [3.63, 3.8) is 0 Å². The predicted octanol–water partition coefficient (Wildman–Crippen LogP) is 3.89. The van der Waals surface area contributed by atoms with Crippen LogP contribution in [0.15, 0.2) is 49.1 Å². The highest BCUT2D eigenvalue weighted by molar-refractivity contribution is 5.26. The van der Waals surface area contributed by atoms with Gasteiger partial charge in [0.25, 0.3) is 0 Å². The van der Waals surface area contributed by atoms with Gasteiger partial charge in [-0.15, -0.1) is 0 Å². The highest BCUT2D eigenvalue weighted by Crippen LogP contribution is 2.42. The van der Waals surface area contributed by atoms with E-state index in [0.717, 1.165) is 11.8 Å². The fraction of sp³-hybridized carbons (Fsp3) is 0.385. The lowest BCUT2D eigenvalue weighted by molar-refractivity contribution is 0.693. The monoisotopic (exact) mass is 174 g/mol. The van der Waals surface area contributed by atoms with Crippen LogP contribution in [0.4, 0.5) is 0 Å². The number of hydrogen-bond acceptors (Lipinski definition) is 0. The van der Waals surface area contributed by atoms with Crippen LogP contribution in [0.25, 0.3) is 0 Å². The minimum absolute atomic E-state index is 0.833. The van der Waals surface area contributed by atoms with E-state index < -0.39 is 0 Å². The minimum atomic E-state index is 0.833. The molecule has 2 aliphatic rings. The number of allylic oxidation sites excluding steroid dienone is 6. The van der Waals surface area contributed by atoms with Gasteiger partial charge in [0.05, 0.1) is 0 Å². The van der Waals surface area contributed by atoms with Crippen molar-refractivity contribution in [2.75, 3.05) is 0 Å². The molecule has 0 N–H and O–H groups in total. The molecule has 2 rings (SSSR count). The quantitative estimate of drug-likeness (QED) is 0.418. The molecular formula is C13H18. The number of fused-ring (bicyclic) bond motifs is 2. The van der Waals surface area contributed by atoms with E-state index in [2.05, 4.69) is 38.3 Å². The zero-order valence-electron chi connectivity index (χ0n) is 8.37. The molecule has 2 bridgehead atoms. The first kappa shape index (κ1) is 10.0. The highest BCUT2D eigenvalue weighted by Gasteiger charge is 2.29. The van der Waals surface area contributed by atoms with Gasteiger partial charge in [0.15, 0.2) is 0 Å². The van der Waals surface area contributed by atoms with Gasteiger partial charge in [-0.2, -0.15) is 0 Å². The normalized spacial score (nSPS) is 31.3. The maximum Gasteiger partial charge on any atom is -0.00174 e. The Kier molecular flexibility index (Phi) is 3.75. The zero-order valence-corrected chi connectivity index (χ0v) is 8.37. The lowest BCUT2D eigenvalue weighted by Crippen LogP contribution is -1.90. The van der Waals surface area contributed by atoms with Gasteiger partial charge in [-0.05, 0) is 31.6 Å². The van der Waals surface area contributed by atoms with Crippen LogP contribution in [-0.2, 0) is 0 Å². The van der Waals surface area contributed by atoms with Crippen LogP contribution in [0.2, 0.25) is 0 Å². The molecular weight excluding hydrogens is 156 g/mol. The molecule has 0 heterocycles. The fourth-order valence-corrected chi connectivity index (χ4v) is 1.99. The summed E-state index contributed by atoms with van der Waals surface area (Å²) in [4.78, 5) is 0. The van der Waals surface area contributed by atoms with Gasteiger partial charge in [-0.3, -0.25) is 0 Å². The van der Waals surface area contributed by atoms with Crippen LogP contribution >= 0.6 is 0 Å². The van der Waals surface area contributed by atoms with Crippen LogP contribution in [0.1, 0.15) is 19.8 Å². The Hall–Kier alpha value is -1.04. The molecule has 0 aromatic carbocycles. The third-order valence-electron chi connectivity index (χ3n) is 2.68. The molecule has 13 heavy (non-hydrogen) atoms. The molecule has 0 aliphatic heterocycles. The van der Waals surface area contributed by atoms with Gasteiger partial charge in [-0.1, -0.05) is 49.1 Å². The maximum absolute atomic E-state index is 3.36. The van der Waals surface area contributed by atoms with Crippen molar-refractivity contribution < 1.29 is 0 Å². The molecule has 70 valence electrons. The summed E-state index contributed by atoms with van der Waals surface area (Å²) in [5.74, 6) is 1.74. The molecule has 2 aliphatic carbocycles. The van der Waals surface area contributed by atoms with E-state index in [-0.39, 0.29) is 0 Å². The lowest BCUT2D eigenvalue weighted by atomic mass is 10.0. The molecule has 0 spiro atoms. The molecule has 1 saturated carbocycles. The smallest absolute Gasteiger partial charge is 0.00174 e. The van der Waals surface area contributed by atoms with Crippen LogP contribution < -0.4 is 0 Å². The third-order valence-corrected chi connectivity index (χ3v) is 2.68. The first-order valence-electron chi connectivity index (χ1n) is 4.88. The number of rotatable bonds is 1. The molecule has 0 nitrogen and oxygen atoms in total. The van der Waals surface area contributed by atoms with Gasteiger partial charge in [0.1, 0.15) is 0 Å². The fourth-order valence-electron chi connectivity index (χ4n) is 1.99. The topological polar surface area (TPSA) is 0 Å². The van der Waals surface area contributed by atoms with Crippen molar-refractivity contribution in [2.45, 2.75) is 19.8 Å². The highest BCUT2D eigenvalue weighted by atomic mass is 14.3. The Morgan fingerprint density at radius 3 is 2.23 bits per heavy atom. The van der Waals surface area contributed by atoms with Crippen molar-refractivity contribution >= 4 is 0 Å². The van der Waals surface area contributed by atoms with E-state index >= 15 is 0 Å². The van der Waals surface area contributed by atoms with Crippen LogP contribution in [0.5, 0.6) is 0 Å². The number of hydrogen-bond donors (Lipinski definition) is 0. The maximum atomic E-state index is 3.36. The zero-order chi connectivity index (χ0) is 9.68. The van der Waals surface area contributed by atoms with Gasteiger partial charge < -0.3 is 0 Å². The van der Waals surface area contributed by atoms with Gasteiger partial charge in [0.2, 0.25) is 0 Å². The second kappa shape index (κ2) is 4.86. The summed E-state index contributed by atoms with van der Waals surface area (Å²) in [5.41, 5.74) is 1.67. The van der Waals surface area contributed by atoms with Gasteiger partial charge >= 0.3 is 0 Å². The van der Waals surface area contributed by atoms with Crippen molar-refractivity contribution in [3.8, 4) is 0 Å². The van der Waals surface area contributed by atoms with E-state index in [1.807, 2.05) is 0 Å². The standard InChI is InChI=1S/C9H12.C4H6/c1-2-8-5-7-3-4-9(8)6-7;1-3-4-2/h2-4,7,9H,5-6H2,1H3;3-4H,1-2H2. The summed E-state index contributed by atoms with van der Waals surface area (Å²) < 4.78 is 0. The Bertz CT molecular complexity index is 237. The SMILES string of the molecule is C=CC=C.CC=C1CC2C=CC1C2. The van der Waals surface area contributed by atoms with Gasteiger partial charge in [-0.25, -0.2) is 0 Å². The van der Waals surface area contributed by atoms with Crippen molar-refractivity contribution in [1.29, 1.82) is 0 Å². The summed E-state index contributed by atoms with van der Waals surface area (Å²) in [6, 6.07) is 0. The Labute approximate surface area is 81.4 Å². The average molecular weight is 174 g/mol. The summed E-state index contributed by atoms with van der Waals surface area (Å²) in [5, 5.41) is 0. The second-order valence-electron chi connectivity index (χ2n) is 3.53. The first-order chi connectivity index (χ1) is 6.31. The molecule has 2 unspecified atom stereocenters. The molecule has 2 atom stereocenters. The molecule has 0 heteroatoms. The summed E-state index contributed by atoms with van der Waals surface area (Å²) in [7, 11) is 0. The molecule has 1 fully saturated rings. The molecule has 0 aromatic rings. The molecule has 0 saturated heterocycles. The Morgan fingerprint density at radius 1 is 1.31 bits per heavy atom. The van der Waals surface area contributed by atoms with E-state index in [4.69, 9.17) is 0 Å². The summed E-state index contributed by atoms with van der Waals surface area (Å²) >= 11 is 0. The second-order valence-corrected chi connectivity index (χ2v) is 3.53. The third kappa shape index (κ3) is 2.45. The molecule has 0 radical (unpaired) electrons. The predicted molar refractivity (Wildman–Crippen MR) is 59.5 cm³/mol. The van der Waals surface area contributed by atoms with Crippen LogP contribution in [0, 0.1) is 11.8 Å². The molecule has 0 amide bonds. The van der Waals surface area contributed by atoms with Crippen molar-refractivity contribution in [3.05, 3.63) is 49.1 Å². The summed E-state index contributed by atoms with van der Waals surface area (Å²) in [6.07, 6.45) is 13.0. The largest absolute Gasteiger partial charge is 0.0991 e. The van der Waals surface area contributed by atoms with Crippen molar-refractivity contribution in [1.82, 2.24) is 0 Å². The Balaban J connectivity index is 0.000000184. The summed E-state index contributed by atoms with van der Waals surface area (Å²) in [6.45, 7) is 8.88. The minimum Gasteiger partial charge on any atom is -0.0991 e. The first-order valence-corrected chi connectivity index (χ1v) is 4.88. The Morgan fingerprint density at radius 2 is 2.00 bits per heavy atom. The van der Waals surface area contributed by atoms with Crippen LogP contribution in [-0.4, -0.2) is 0 Å². The average Bonchev–Trinajstić information content (AvgIpc) is 2.79.